The van der Waals surface area contributed by atoms with Crippen LogP contribution >= 0.6 is 0 Å². The molecule has 2 rings (SSSR count). The molecule has 190 valence electrons. The minimum atomic E-state index is -2.76. The first-order valence-corrected chi connectivity index (χ1v) is 9.90. The van der Waals surface area contributed by atoms with E-state index in [1.807, 2.05) is 0 Å². The standard InChI is InChI=1S/C20H26O14/c1-3-5-29-19(31-27,11-7-13(21)17(25)14(22)8-11)33-34-20(32-28,30-6-4-2)12-9-15(23)18(26)16(24)10-12/h7-10,21-28H,3-6H2,1-2H3. The smallest absolute Gasteiger partial charge is 0.367 e. The molecule has 34 heavy (non-hydrogen) atoms. The molecule has 0 fully saturated rings. The molecule has 14 nitrogen and oxygen atoms in total. The zero-order valence-corrected chi connectivity index (χ0v) is 18.2. The highest BCUT2D eigenvalue weighted by Crippen LogP contribution is 2.44. The lowest BCUT2D eigenvalue weighted by atomic mass is 10.1. The van der Waals surface area contributed by atoms with Crippen molar-refractivity contribution in [2.24, 2.45) is 0 Å². The van der Waals surface area contributed by atoms with Crippen molar-refractivity contribution < 1.29 is 70.2 Å². The van der Waals surface area contributed by atoms with E-state index in [2.05, 4.69) is 9.78 Å². The fourth-order valence-corrected chi connectivity index (χ4v) is 2.64. The van der Waals surface area contributed by atoms with Gasteiger partial charge < -0.3 is 40.1 Å². The molecule has 0 radical (unpaired) electrons. The SMILES string of the molecule is CCCOC(OO)(OOC(OO)(OCCC)c1cc(O)c(O)c(O)c1)c1cc(O)c(O)c(O)c1. The molecule has 0 aliphatic carbocycles. The molecule has 14 heteroatoms. The highest BCUT2D eigenvalue weighted by Gasteiger charge is 2.47. The van der Waals surface area contributed by atoms with Crippen LogP contribution in [0, 0.1) is 0 Å². The highest BCUT2D eigenvalue weighted by atomic mass is 17.4. The van der Waals surface area contributed by atoms with E-state index in [4.69, 9.17) is 19.2 Å². The van der Waals surface area contributed by atoms with Gasteiger partial charge in [-0.2, -0.15) is 19.6 Å². The number of aromatic hydroxyl groups is 6. The van der Waals surface area contributed by atoms with Crippen LogP contribution in [0.1, 0.15) is 37.8 Å². The van der Waals surface area contributed by atoms with Crippen molar-refractivity contribution in [3.8, 4) is 34.5 Å². The Labute approximate surface area is 192 Å². The molecule has 0 amide bonds. The van der Waals surface area contributed by atoms with E-state index in [1.165, 1.54) is 0 Å². The number of hydrogen-bond acceptors (Lipinski definition) is 14. The summed E-state index contributed by atoms with van der Waals surface area (Å²) in [6, 6.07) is 3.21. The van der Waals surface area contributed by atoms with E-state index in [9.17, 15) is 41.2 Å². The number of hydrogen-bond donors (Lipinski definition) is 8. The topological polar surface area (TPSA) is 217 Å². The van der Waals surface area contributed by atoms with Gasteiger partial charge in [0, 0.05) is 0 Å². The molecule has 0 spiro atoms. The Morgan fingerprint density at radius 2 is 0.882 bits per heavy atom. The van der Waals surface area contributed by atoms with Gasteiger partial charge in [-0.05, 0) is 37.1 Å². The maximum Gasteiger partial charge on any atom is 0.367 e. The van der Waals surface area contributed by atoms with Crippen LogP contribution in [0.25, 0.3) is 0 Å². The van der Waals surface area contributed by atoms with Crippen molar-refractivity contribution in [3.05, 3.63) is 35.4 Å². The number of rotatable bonds is 13. The van der Waals surface area contributed by atoms with Crippen LogP contribution in [0.3, 0.4) is 0 Å². The molecule has 0 bridgehead atoms. The lowest BCUT2D eigenvalue weighted by Gasteiger charge is -2.34. The first-order valence-electron chi connectivity index (χ1n) is 9.90. The normalized spacial score (nSPS) is 15.1. The van der Waals surface area contributed by atoms with E-state index in [0.29, 0.717) is 12.8 Å². The molecule has 0 saturated heterocycles. The zero-order valence-electron chi connectivity index (χ0n) is 18.2. The Morgan fingerprint density at radius 1 is 0.588 bits per heavy atom. The third-order valence-corrected chi connectivity index (χ3v) is 4.34. The van der Waals surface area contributed by atoms with E-state index in [1.54, 1.807) is 13.8 Å². The summed E-state index contributed by atoms with van der Waals surface area (Å²) in [6.45, 7) is 3.05. The molecular formula is C20H26O14. The Hall–Kier alpha value is -3.08. The van der Waals surface area contributed by atoms with Crippen molar-refractivity contribution >= 4 is 0 Å². The first kappa shape index (κ1) is 27.2. The monoisotopic (exact) mass is 490 g/mol. The van der Waals surface area contributed by atoms with Crippen molar-refractivity contribution in [3.63, 3.8) is 0 Å². The predicted octanol–water partition coefficient (Wildman–Crippen LogP) is 2.62. The van der Waals surface area contributed by atoms with Gasteiger partial charge in [0.2, 0.25) is 0 Å². The van der Waals surface area contributed by atoms with Gasteiger partial charge in [-0.25, -0.2) is 10.5 Å². The van der Waals surface area contributed by atoms with E-state index in [0.717, 1.165) is 24.3 Å². The Balaban J connectivity index is 2.57. The minimum Gasteiger partial charge on any atom is -0.504 e. The Kier molecular flexibility index (Phi) is 9.08. The van der Waals surface area contributed by atoms with Crippen LogP contribution in [0.4, 0.5) is 0 Å². The quantitative estimate of drug-likeness (QED) is 0.0876. The molecular weight excluding hydrogens is 464 g/mol. The summed E-state index contributed by atoms with van der Waals surface area (Å²) in [5.41, 5.74) is -0.870. The molecule has 0 aliphatic rings. The van der Waals surface area contributed by atoms with Crippen LogP contribution in [0.2, 0.25) is 0 Å². The third-order valence-electron chi connectivity index (χ3n) is 4.34. The molecule has 2 aromatic carbocycles. The summed E-state index contributed by atoms with van der Waals surface area (Å²) in [5, 5.41) is 77.9. The predicted molar refractivity (Wildman–Crippen MR) is 108 cm³/mol. The summed E-state index contributed by atoms with van der Waals surface area (Å²) in [5.74, 6) is -10.7. The number of benzene rings is 2. The summed E-state index contributed by atoms with van der Waals surface area (Å²) >= 11 is 0. The van der Waals surface area contributed by atoms with Crippen molar-refractivity contribution in [1.29, 1.82) is 0 Å². The van der Waals surface area contributed by atoms with Crippen molar-refractivity contribution in [2.45, 2.75) is 38.6 Å². The largest absolute Gasteiger partial charge is 0.504 e. The van der Waals surface area contributed by atoms with Crippen molar-refractivity contribution in [2.75, 3.05) is 13.2 Å². The molecule has 2 aromatic rings. The number of phenols is 6. The van der Waals surface area contributed by atoms with Gasteiger partial charge in [-0.1, -0.05) is 13.8 Å². The summed E-state index contributed by atoms with van der Waals surface area (Å²) in [7, 11) is 0. The van der Waals surface area contributed by atoms with Gasteiger partial charge in [0.15, 0.2) is 34.5 Å². The maximum absolute atomic E-state index is 9.85. The first-order chi connectivity index (χ1) is 16.1. The van der Waals surface area contributed by atoms with Crippen LogP contribution in [0.15, 0.2) is 24.3 Å². The number of ether oxygens (including phenoxy) is 2. The van der Waals surface area contributed by atoms with Crippen LogP contribution in [-0.4, -0.2) is 54.4 Å². The molecule has 0 heterocycles. The molecule has 0 aliphatic heterocycles. The van der Waals surface area contributed by atoms with Crippen molar-refractivity contribution in [1.82, 2.24) is 0 Å². The third kappa shape index (κ3) is 5.52. The maximum atomic E-state index is 9.85. The van der Waals surface area contributed by atoms with Crippen LogP contribution in [-0.2, 0) is 41.0 Å². The van der Waals surface area contributed by atoms with Gasteiger partial charge in [0.25, 0.3) is 0 Å². The minimum absolute atomic E-state index is 0.157. The van der Waals surface area contributed by atoms with E-state index in [-0.39, 0.29) is 13.2 Å². The zero-order chi connectivity index (χ0) is 25.5. The van der Waals surface area contributed by atoms with E-state index < -0.39 is 57.6 Å². The van der Waals surface area contributed by atoms with Gasteiger partial charge in [0.1, 0.15) is 0 Å². The molecule has 2 atom stereocenters. The Morgan fingerprint density at radius 3 is 1.12 bits per heavy atom. The van der Waals surface area contributed by atoms with E-state index >= 15 is 0 Å². The second kappa shape index (κ2) is 11.4. The highest BCUT2D eigenvalue weighted by molar-refractivity contribution is 5.52. The van der Waals surface area contributed by atoms with Gasteiger partial charge in [-0.15, -0.1) is 0 Å². The van der Waals surface area contributed by atoms with Gasteiger partial charge in [-0.3, -0.25) is 0 Å². The second-order valence-corrected chi connectivity index (χ2v) is 6.88. The summed E-state index contributed by atoms with van der Waals surface area (Å²) < 4.78 is 10.7. The molecule has 8 N–H and O–H groups in total. The van der Waals surface area contributed by atoms with Gasteiger partial charge in [0.05, 0.1) is 24.3 Å². The van der Waals surface area contributed by atoms with Crippen LogP contribution in [0.5, 0.6) is 34.5 Å². The van der Waals surface area contributed by atoms with Crippen LogP contribution < -0.4 is 0 Å². The Bertz CT molecular complexity index is 843. The fraction of sp³-hybridized carbons (Fsp3) is 0.400. The molecule has 2 unspecified atom stereocenters. The van der Waals surface area contributed by atoms with Gasteiger partial charge >= 0.3 is 11.9 Å². The molecule has 0 aromatic heterocycles. The average molecular weight is 490 g/mol. The molecule has 0 saturated carbocycles. The average Bonchev–Trinajstić information content (AvgIpc) is 2.82. The number of phenolic OH excluding ortho intramolecular Hbond substituents is 6. The summed E-state index contributed by atoms with van der Waals surface area (Å²) in [4.78, 5) is 18.8. The lowest BCUT2D eigenvalue weighted by Crippen LogP contribution is -2.43. The fourth-order valence-electron chi connectivity index (χ4n) is 2.64. The lowest BCUT2D eigenvalue weighted by molar-refractivity contribution is -0.660. The second-order valence-electron chi connectivity index (χ2n) is 6.88. The summed E-state index contributed by atoms with van der Waals surface area (Å²) in [6.07, 6.45) is 0.691.